The summed E-state index contributed by atoms with van der Waals surface area (Å²) in [5, 5.41) is 5.11. The van der Waals surface area contributed by atoms with Crippen molar-refractivity contribution >= 4 is 23.2 Å². The van der Waals surface area contributed by atoms with Crippen LogP contribution in [0.15, 0.2) is 67.0 Å². The maximum atomic E-state index is 14.2. The van der Waals surface area contributed by atoms with Crippen molar-refractivity contribution in [2.45, 2.75) is 13.0 Å². The Hall–Kier alpha value is -3.85. The number of anilines is 2. The number of nitrogens with one attached hydrogen (secondary N) is 2. The molecule has 0 bridgehead atoms. The summed E-state index contributed by atoms with van der Waals surface area (Å²) in [6, 6.07) is 14.5. The van der Waals surface area contributed by atoms with Crippen LogP contribution in [0.4, 0.5) is 20.2 Å². The molecule has 0 unspecified atom stereocenters. The third-order valence-electron chi connectivity index (χ3n) is 6.11. The van der Waals surface area contributed by atoms with Gasteiger partial charge in [-0.1, -0.05) is 24.3 Å². The average molecular weight is 480 g/mol. The molecule has 1 aliphatic rings. The van der Waals surface area contributed by atoms with Gasteiger partial charge < -0.3 is 15.5 Å². The molecule has 1 aromatic heterocycles. The standard InChI is InChI=1S/C26H27F2N5O2/c1-18-8-9-20(15-22(18)28)31-26(35)25(34)30-17-24(19-5-4-10-29-16-19)33-13-11-32(12-14-33)23-7-3-2-6-21(23)27/h2-10,15-16,24H,11-14,17H2,1H3,(H,30,34)(H,31,35)/t24-/m1/s1. The number of carbonyl (C=O) groups excluding carboxylic acids is 2. The normalized spacial score (nSPS) is 14.9. The Bertz CT molecular complexity index is 1180. The fourth-order valence-electron chi connectivity index (χ4n) is 4.14. The van der Waals surface area contributed by atoms with Gasteiger partial charge in [-0.3, -0.25) is 19.5 Å². The van der Waals surface area contributed by atoms with Gasteiger partial charge in [-0.25, -0.2) is 8.78 Å². The van der Waals surface area contributed by atoms with Gasteiger partial charge in [-0.2, -0.15) is 0 Å². The van der Waals surface area contributed by atoms with Crippen molar-refractivity contribution in [2.24, 2.45) is 0 Å². The van der Waals surface area contributed by atoms with Crippen molar-refractivity contribution in [3.05, 3.63) is 89.8 Å². The first-order valence-corrected chi connectivity index (χ1v) is 11.4. The lowest BCUT2D eigenvalue weighted by molar-refractivity contribution is -0.136. The van der Waals surface area contributed by atoms with E-state index in [1.165, 1.54) is 24.3 Å². The third-order valence-corrected chi connectivity index (χ3v) is 6.11. The zero-order valence-electron chi connectivity index (χ0n) is 19.4. The van der Waals surface area contributed by atoms with Gasteiger partial charge in [0.1, 0.15) is 11.6 Å². The molecule has 182 valence electrons. The van der Waals surface area contributed by atoms with E-state index in [2.05, 4.69) is 20.5 Å². The summed E-state index contributed by atoms with van der Waals surface area (Å²) in [6.07, 6.45) is 3.40. The number of halogens is 2. The van der Waals surface area contributed by atoms with E-state index < -0.39 is 17.6 Å². The smallest absolute Gasteiger partial charge is 0.313 e. The highest BCUT2D eigenvalue weighted by Gasteiger charge is 2.27. The molecule has 2 aromatic carbocycles. The predicted molar refractivity (Wildman–Crippen MR) is 130 cm³/mol. The van der Waals surface area contributed by atoms with Crippen LogP contribution in [0.2, 0.25) is 0 Å². The van der Waals surface area contributed by atoms with Crippen LogP contribution in [0.25, 0.3) is 0 Å². The Balaban J connectivity index is 1.39. The molecule has 0 radical (unpaired) electrons. The van der Waals surface area contributed by atoms with Gasteiger partial charge >= 0.3 is 11.8 Å². The zero-order chi connectivity index (χ0) is 24.8. The van der Waals surface area contributed by atoms with Crippen LogP contribution in [-0.2, 0) is 9.59 Å². The summed E-state index contributed by atoms with van der Waals surface area (Å²) in [4.78, 5) is 33.2. The van der Waals surface area contributed by atoms with Crippen molar-refractivity contribution in [2.75, 3.05) is 42.9 Å². The molecule has 2 heterocycles. The van der Waals surface area contributed by atoms with E-state index in [0.29, 0.717) is 37.4 Å². The van der Waals surface area contributed by atoms with Crippen LogP contribution in [0.3, 0.4) is 0 Å². The SMILES string of the molecule is Cc1ccc(NC(=O)C(=O)NC[C@H](c2cccnc2)N2CCN(c3ccccc3F)CC2)cc1F. The van der Waals surface area contributed by atoms with Gasteiger partial charge in [0.25, 0.3) is 0 Å². The first-order valence-electron chi connectivity index (χ1n) is 11.4. The van der Waals surface area contributed by atoms with Crippen LogP contribution >= 0.6 is 0 Å². The summed E-state index contributed by atoms with van der Waals surface area (Å²) in [7, 11) is 0. The van der Waals surface area contributed by atoms with Gasteiger partial charge in [0.2, 0.25) is 0 Å². The average Bonchev–Trinajstić information content (AvgIpc) is 2.87. The molecule has 35 heavy (non-hydrogen) atoms. The molecule has 9 heteroatoms. The molecule has 2 N–H and O–H groups in total. The first-order chi connectivity index (χ1) is 16.9. The first kappa shape index (κ1) is 24.3. The van der Waals surface area contributed by atoms with E-state index in [1.54, 1.807) is 31.5 Å². The predicted octanol–water partition coefficient (Wildman–Crippen LogP) is 3.29. The fourth-order valence-corrected chi connectivity index (χ4v) is 4.14. The van der Waals surface area contributed by atoms with E-state index in [9.17, 15) is 18.4 Å². The number of hydrogen-bond acceptors (Lipinski definition) is 5. The number of aryl methyl sites for hydroxylation is 1. The number of nitrogens with zero attached hydrogens (tertiary/aromatic N) is 3. The van der Waals surface area contributed by atoms with Crippen molar-refractivity contribution < 1.29 is 18.4 Å². The van der Waals surface area contributed by atoms with Crippen molar-refractivity contribution in [3.8, 4) is 0 Å². The largest absolute Gasteiger partial charge is 0.367 e. The number of hydrogen-bond donors (Lipinski definition) is 2. The Morgan fingerprint density at radius 3 is 2.43 bits per heavy atom. The Kier molecular flexibility index (Phi) is 7.67. The lowest BCUT2D eigenvalue weighted by atomic mass is 10.1. The Morgan fingerprint density at radius 1 is 0.971 bits per heavy atom. The second-order valence-electron chi connectivity index (χ2n) is 8.40. The molecule has 1 aliphatic heterocycles. The quantitative estimate of drug-likeness (QED) is 0.531. The summed E-state index contributed by atoms with van der Waals surface area (Å²) >= 11 is 0. The number of amides is 2. The molecule has 2 amide bonds. The monoisotopic (exact) mass is 479 g/mol. The number of aromatic nitrogens is 1. The highest BCUT2D eigenvalue weighted by atomic mass is 19.1. The van der Waals surface area contributed by atoms with Gasteiger partial charge in [-0.15, -0.1) is 0 Å². The minimum Gasteiger partial charge on any atom is -0.367 e. The molecule has 0 aliphatic carbocycles. The lowest BCUT2D eigenvalue weighted by Gasteiger charge is -2.40. The molecule has 3 aromatic rings. The summed E-state index contributed by atoms with van der Waals surface area (Å²) in [6.45, 7) is 4.30. The summed E-state index contributed by atoms with van der Waals surface area (Å²) < 4.78 is 28.0. The van der Waals surface area contributed by atoms with E-state index >= 15 is 0 Å². The van der Waals surface area contributed by atoms with Crippen molar-refractivity contribution in [1.29, 1.82) is 0 Å². The summed E-state index contributed by atoms with van der Waals surface area (Å²) in [5.74, 6) is -2.40. The minimum atomic E-state index is -0.873. The van der Waals surface area contributed by atoms with E-state index in [0.717, 1.165) is 5.56 Å². The number of rotatable bonds is 6. The van der Waals surface area contributed by atoms with Crippen molar-refractivity contribution in [1.82, 2.24) is 15.2 Å². The Morgan fingerprint density at radius 2 is 1.74 bits per heavy atom. The molecule has 0 spiro atoms. The molecule has 1 atom stereocenters. The molecule has 1 fully saturated rings. The van der Waals surface area contributed by atoms with Crippen LogP contribution in [-0.4, -0.2) is 54.4 Å². The minimum absolute atomic E-state index is 0.180. The van der Waals surface area contributed by atoms with Gasteiger partial charge in [0.05, 0.1) is 11.7 Å². The van der Waals surface area contributed by atoms with Crippen molar-refractivity contribution in [3.63, 3.8) is 0 Å². The number of para-hydroxylation sites is 1. The van der Waals surface area contributed by atoms with E-state index in [1.807, 2.05) is 23.1 Å². The maximum absolute atomic E-state index is 14.2. The van der Waals surface area contributed by atoms with Crippen LogP contribution in [0.5, 0.6) is 0 Å². The second kappa shape index (κ2) is 11.1. The number of benzene rings is 2. The van der Waals surface area contributed by atoms with Gasteiger partial charge in [0.15, 0.2) is 0 Å². The zero-order valence-corrected chi connectivity index (χ0v) is 19.4. The highest BCUT2D eigenvalue weighted by Crippen LogP contribution is 2.25. The van der Waals surface area contributed by atoms with E-state index in [-0.39, 0.29) is 24.1 Å². The number of carbonyl (C=O) groups is 2. The fraction of sp³-hybridized carbons (Fsp3) is 0.269. The summed E-state index contributed by atoms with van der Waals surface area (Å²) in [5.41, 5.74) is 2.12. The molecular formula is C26H27F2N5O2. The second-order valence-corrected chi connectivity index (χ2v) is 8.40. The molecule has 0 saturated carbocycles. The third kappa shape index (κ3) is 5.99. The lowest BCUT2D eigenvalue weighted by Crippen LogP contribution is -2.50. The molecular weight excluding hydrogens is 452 g/mol. The van der Waals surface area contributed by atoms with E-state index in [4.69, 9.17) is 0 Å². The number of pyridine rings is 1. The Labute approximate surface area is 202 Å². The molecule has 1 saturated heterocycles. The van der Waals surface area contributed by atoms with Crippen LogP contribution < -0.4 is 15.5 Å². The number of piperazine rings is 1. The topological polar surface area (TPSA) is 77.6 Å². The molecule has 7 nitrogen and oxygen atoms in total. The molecule has 4 rings (SSSR count). The van der Waals surface area contributed by atoms with Crippen LogP contribution in [0.1, 0.15) is 17.2 Å². The van der Waals surface area contributed by atoms with Gasteiger partial charge in [-0.05, 0) is 48.4 Å². The highest BCUT2D eigenvalue weighted by molar-refractivity contribution is 6.39. The maximum Gasteiger partial charge on any atom is 0.313 e. The van der Waals surface area contributed by atoms with Crippen LogP contribution in [0, 0.1) is 18.6 Å². The van der Waals surface area contributed by atoms with Gasteiger partial charge in [0, 0.05) is 50.8 Å².